The maximum absolute atomic E-state index is 4.66. The van der Waals surface area contributed by atoms with Crippen LogP contribution in [0.15, 0.2) is 6.20 Å². The van der Waals surface area contributed by atoms with Crippen molar-refractivity contribution < 1.29 is 0 Å². The van der Waals surface area contributed by atoms with Gasteiger partial charge in [-0.15, -0.1) is 11.3 Å². The lowest BCUT2D eigenvalue weighted by Gasteiger charge is -2.31. The van der Waals surface area contributed by atoms with Gasteiger partial charge in [-0.3, -0.25) is 0 Å². The van der Waals surface area contributed by atoms with Gasteiger partial charge in [0.15, 0.2) is 0 Å². The van der Waals surface area contributed by atoms with E-state index in [2.05, 4.69) is 23.4 Å². The Hall–Kier alpha value is -0.410. The Bertz CT molecular complexity index is 348. The van der Waals surface area contributed by atoms with Gasteiger partial charge in [0.2, 0.25) is 0 Å². The monoisotopic (exact) mass is 222 g/mol. The number of piperidine rings is 1. The van der Waals surface area contributed by atoms with Crippen molar-refractivity contribution in [1.29, 1.82) is 0 Å². The van der Waals surface area contributed by atoms with E-state index in [1.807, 2.05) is 11.3 Å². The predicted octanol–water partition coefficient (Wildman–Crippen LogP) is 2.66. The van der Waals surface area contributed by atoms with Crippen LogP contribution in [0.25, 0.3) is 0 Å². The second-order valence-electron chi connectivity index (χ2n) is 5.15. The van der Waals surface area contributed by atoms with E-state index in [-0.39, 0.29) is 0 Å². The molecule has 1 aliphatic carbocycles. The number of hydrogen-bond acceptors (Lipinski definition) is 3. The number of nitrogens with one attached hydrogen (secondary N) is 1. The summed E-state index contributed by atoms with van der Waals surface area (Å²) in [5, 5.41) is 4.81. The second-order valence-corrected chi connectivity index (χ2v) is 6.21. The lowest BCUT2D eigenvalue weighted by Crippen LogP contribution is -2.37. The Morgan fingerprint density at radius 3 is 2.80 bits per heavy atom. The van der Waals surface area contributed by atoms with Crippen LogP contribution < -0.4 is 5.32 Å². The molecule has 0 unspecified atom stereocenters. The van der Waals surface area contributed by atoms with E-state index in [0.717, 1.165) is 19.0 Å². The van der Waals surface area contributed by atoms with Crippen molar-refractivity contribution in [1.82, 2.24) is 10.3 Å². The van der Waals surface area contributed by atoms with Gasteiger partial charge in [0.25, 0.3) is 0 Å². The molecule has 2 heterocycles. The molecule has 1 aliphatic heterocycles. The second kappa shape index (κ2) is 3.56. The first-order chi connectivity index (χ1) is 7.28. The van der Waals surface area contributed by atoms with Crippen LogP contribution in [0.2, 0.25) is 0 Å². The molecule has 1 aromatic rings. The molecule has 82 valence electrons. The van der Waals surface area contributed by atoms with Gasteiger partial charge in [0.1, 0.15) is 0 Å². The standard InChI is InChI=1S/C12H18N2S/c1-12(4-6-13-7-5-12)11-14-8-10(15-11)9-2-3-9/h8-9,13H,2-7H2,1H3. The molecule has 1 aromatic heterocycles. The molecule has 1 N–H and O–H groups in total. The molecule has 1 saturated carbocycles. The van der Waals surface area contributed by atoms with Crippen molar-refractivity contribution in [3.05, 3.63) is 16.1 Å². The minimum Gasteiger partial charge on any atom is -0.317 e. The summed E-state index contributed by atoms with van der Waals surface area (Å²) in [7, 11) is 0. The van der Waals surface area contributed by atoms with Crippen LogP contribution >= 0.6 is 11.3 Å². The van der Waals surface area contributed by atoms with E-state index < -0.39 is 0 Å². The highest BCUT2D eigenvalue weighted by Gasteiger charge is 2.33. The van der Waals surface area contributed by atoms with Crippen molar-refractivity contribution in [2.24, 2.45) is 0 Å². The summed E-state index contributed by atoms with van der Waals surface area (Å²) in [4.78, 5) is 6.20. The third-order valence-corrected chi connectivity index (χ3v) is 5.19. The van der Waals surface area contributed by atoms with E-state index in [9.17, 15) is 0 Å². The third kappa shape index (κ3) is 1.83. The normalized spacial score (nSPS) is 25.4. The number of thiazole rings is 1. The Labute approximate surface area is 95.1 Å². The first-order valence-electron chi connectivity index (χ1n) is 5.95. The topological polar surface area (TPSA) is 24.9 Å². The number of nitrogens with zero attached hydrogens (tertiary/aromatic N) is 1. The number of hydrogen-bond donors (Lipinski definition) is 1. The molecular formula is C12H18N2S. The van der Waals surface area contributed by atoms with Gasteiger partial charge in [-0.1, -0.05) is 6.92 Å². The lowest BCUT2D eigenvalue weighted by atomic mass is 9.82. The Balaban J connectivity index is 1.83. The van der Waals surface area contributed by atoms with E-state index in [1.54, 1.807) is 0 Å². The summed E-state index contributed by atoms with van der Waals surface area (Å²) < 4.78 is 0. The lowest BCUT2D eigenvalue weighted by molar-refractivity contribution is 0.334. The zero-order valence-corrected chi connectivity index (χ0v) is 10.1. The summed E-state index contributed by atoms with van der Waals surface area (Å²) in [6.07, 6.45) is 7.39. The van der Waals surface area contributed by atoms with Crippen LogP contribution in [0, 0.1) is 0 Å². The number of rotatable bonds is 2. The maximum Gasteiger partial charge on any atom is 0.0987 e. The van der Waals surface area contributed by atoms with Crippen molar-refractivity contribution in [3.63, 3.8) is 0 Å². The summed E-state index contributed by atoms with van der Waals surface area (Å²) in [5.74, 6) is 0.863. The minimum absolute atomic E-state index is 0.350. The summed E-state index contributed by atoms with van der Waals surface area (Å²) in [6, 6.07) is 0. The molecule has 2 nitrogen and oxygen atoms in total. The third-order valence-electron chi connectivity index (χ3n) is 3.73. The molecule has 3 rings (SSSR count). The highest BCUT2D eigenvalue weighted by Crippen LogP contribution is 2.45. The first kappa shape index (κ1) is 9.79. The SMILES string of the molecule is CC1(c2ncc(C3CC3)s2)CCNCC1. The minimum atomic E-state index is 0.350. The smallest absolute Gasteiger partial charge is 0.0987 e. The molecule has 0 amide bonds. The van der Waals surface area contributed by atoms with Crippen LogP contribution in [-0.2, 0) is 5.41 Å². The van der Waals surface area contributed by atoms with Crippen LogP contribution in [-0.4, -0.2) is 18.1 Å². The van der Waals surface area contributed by atoms with Crippen LogP contribution in [0.4, 0.5) is 0 Å². The molecule has 15 heavy (non-hydrogen) atoms. The van der Waals surface area contributed by atoms with Gasteiger partial charge in [-0.05, 0) is 44.7 Å². The molecular weight excluding hydrogens is 204 g/mol. The van der Waals surface area contributed by atoms with Crippen LogP contribution in [0.3, 0.4) is 0 Å². The first-order valence-corrected chi connectivity index (χ1v) is 6.76. The number of aromatic nitrogens is 1. The molecule has 0 radical (unpaired) electrons. The van der Waals surface area contributed by atoms with E-state index in [4.69, 9.17) is 0 Å². The van der Waals surface area contributed by atoms with Crippen molar-refractivity contribution in [2.75, 3.05) is 13.1 Å². The molecule has 0 bridgehead atoms. The maximum atomic E-state index is 4.66. The highest BCUT2D eigenvalue weighted by atomic mass is 32.1. The molecule has 0 spiro atoms. The molecule has 2 aliphatic rings. The summed E-state index contributed by atoms with van der Waals surface area (Å²) >= 11 is 1.97. The average Bonchev–Trinajstić information content (AvgIpc) is 2.97. The van der Waals surface area contributed by atoms with Gasteiger partial charge in [0, 0.05) is 16.5 Å². The van der Waals surface area contributed by atoms with Crippen molar-refractivity contribution in [3.8, 4) is 0 Å². The molecule has 2 fully saturated rings. The van der Waals surface area contributed by atoms with Crippen molar-refractivity contribution >= 4 is 11.3 Å². The van der Waals surface area contributed by atoms with Gasteiger partial charge in [-0.2, -0.15) is 0 Å². The fourth-order valence-electron chi connectivity index (χ4n) is 2.31. The van der Waals surface area contributed by atoms with Crippen LogP contribution in [0.1, 0.15) is 48.4 Å². The van der Waals surface area contributed by atoms with Crippen molar-refractivity contribution in [2.45, 2.75) is 43.9 Å². The Morgan fingerprint density at radius 2 is 2.13 bits per heavy atom. The predicted molar refractivity (Wildman–Crippen MR) is 63.5 cm³/mol. The van der Waals surface area contributed by atoms with Crippen LogP contribution in [0.5, 0.6) is 0 Å². The molecule has 0 atom stereocenters. The Morgan fingerprint density at radius 1 is 1.40 bits per heavy atom. The van der Waals surface area contributed by atoms with E-state index >= 15 is 0 Å². The fraction of sp³-hybridized carbons (Fsp3) is 0.750. The van der Waals surface area contributed by atoms with E-state index in [1.165, 1.54) is 35.6 Å². The highest BCUT2D eigenvalue weighted by molar-refractivity contribution is 7.11. The Kier molecular flexibility index (Phi) is 2.33. The zero-order valence-electron chi connectivity index (χ0n) is 9.25. The quantitative estimate of drug-likeness (QED) is 0.832. The summed E-state index contributed by atoms with van der Waals surface area (Å²) in [6.45, 7) is 4.67. The molecule has 3 heteroatoms. The van der Waals surface area contributed by atoms with Gasteiger partial charge < -0.3 is 5.32 Å². The zero-order chi connectivity index (χ0) is 10.3. The van der Waals surface area contributed by atoms with Gasteiger partial charge >= 0.3 is 0 Å². The molecule has 1 saturated heterocycles. The van der Waals surface area contributed by atoms with E-state index in [0.29, 0.717) is 5.41 Å². The fourth-order valence-corrected chi connectivity index (χ4v) is 3.60. The summed E-state index contributed by atoms with van der Waals surface area (Å²) in [5.41, 5.74) is 0.350. The largest absolute Gasteiger partial charge is 0.317 e. The van der Waals surface area contributed by atoms with Gasteiger partial charge in [0.05, 0.1) is 5.01 Å². The molecule has 0 aromatic carbocycles. The van der Waals surface area contributed by atoms with Gasteiger partial charge in [-0.25, -0.2) is 4.98 Å². The average molecular weight is 222 g/mol.